The number of hydrogen-bond acceptors (Lipinski definition) is 5. The minimum Gasteiger partial charge on any atom is -0.493 e. The number of nitrogens with one attached hydrogen (secondary N) is 1. The summed E-state index contributed by atoms with van der Waals surface area (Å²) in [5, 5.41) is 3.38. The van der Waals surface area contributed by atoms with Crippen molar-refractivity contribution >= 4 is 5.91 Å². The summed E-state index contributed by atoms with van der Waals surface area (Å²) < 4.78 is 10.7. The molecule has 1 atom stereocenters. The Hall–Kier alpha value is -1.79. The van der Waals surface area contributed by atoms with Crippen LogP contribution in [0.1, 0.15) is 22.3 Å². The van der Waals surface area contributed by atoms with Gasteiger partial charge in [-0.3, -0.25) is 9.69 Å². The third kappa shape index (κ3) is 3.35. The van der Waals surface area contributed by atoms with Crippen LogP contribution in [0.5, 0.6) is 11.5 Å². The van der Waals surface area contributed by atoms with Crippen molar-refractivity contribution in [1.82, 2.24) is 15.1 Å². The molecule has 1 unspecified atom stereocenters. The molecule has 0 spiro atoms. The fraction of sp³-hybridized carbons (Fsp3) is 0.611. The summed E-state index contributed by atoms with van der Waals surface area (Å²) in [5.41, 5.74) is 1.62. The van der Waals surface area contributed by atoms with Gasteiger partial charge in [-0.15, -0.1) is 0 Å². The third-order valence-electron chi connectivity index (χ3n) is 5.08. The number of likely N-dealkylation sites (tertiary alicyclic amines) is 1. The number of benzene rings is 1. The van der Waals surface area contributed by atoms with Crippen LogP contribution in [0.2, 0.25) is 0 Å². The summed E-state index contributed by atoms with van der Waals surface area (Å²) in [6.07, 6.45) is 1.05. The zero-order valence-corrected chi connectivity index (χ0v) is 14.8. The van der Waals surface area contributed by atoms with Crippen molar-refractivity contribution in [3.8, 4) is 11.5 Å². The third-order valence-corrected chi connectivity index (χ3v) is 5.08. The lowest BCUT2D eigenvalue weighted by molar-refractivity contribution is 0.0772. The standard InChI is InChI=1S/C18H27N3O3/c1-13-10-16(23-2)17(24-3)11-15(13)18(22)21-7-4-14(12-21)20-8-5-19-6-9-20/h10-11,14,19H,4-9,12H2,1-3H3. The van der Waals surface area contributed by atoms with Gasteiger partial charge in [0.1, 0.15) is 0 Å². The average Bonchev–Trinajstić information content (AvgIpc) is 3.11. The van der Waals surface area contributed by atoms with Gasteiger partial charge in [-0.05, 0) is 31.0 Å². The molecule has 0 saturated carbocycles. The molecule has 2 fully saturated rings. The Labute approximate surface area is 143 Å². The van der Waals surface area contributed by atoms with E-state index in [9.17, 15) is 4.79 Å². The molecule has 6 heteroatoms. The molecule has 2 aliphatic rings. The van der Waals surface area contributed by atoms with Gasteiger partial charge in [0.2, 0.25) is 0 Å². The maximum Gasteiger partial charge on any atom is 0.254 e. The number of aryl methyl sites for hydroxylation is 1. The minimum atomic E-state index is 0.0890. The first-order chi connectivity index (χ1) is 11.6. The van der Waals surface area contributed by atoms with Gasteiger partial charge in [-0.1, -0.05) is 0 Å². The lowest BCUT2D eigenvalue weighted by Crippen LogP contribution is -2.49. The zero-order chi connectivity index (χ0) is 17.1. The summed E-state index contributed by atoms with van der Waals surface area (Å²) in [5.74, 6) is 1.35. The van der Waals surface area contributed by atoms with E-state index < -0.39 is 0 Å². The molecule has 0 aliphatic carbocycles. The number of ether oxygens (including phenoxy) is 2. The zero-order valence-electron chi connectivity index (χ0n) is 14.8. The number of nitrogens with zero attached hydrogens (tertiary/aromatic N) is 2. The minimum absolute atomic E-state index is 0.0890. The van der Waals surface area contributed by atoms with E-state index in [1.807, 2.05) is 17.9 Å². The van der Waals surface area contributed by atoms with Gasteiger partial charge in [-0.25, -0.2) is 0 Å². The van der Waals surface area contributed by atoms with E-state index in [0.717, 1.165) is 51.3 Å². The van der Waals surface area contributed by atoms with E-state index in [1.54, 1.807) is 20.3 Å². The first kappa shape index (κ1) is 17.0. The van der Waals surface area contributed by atoms with Gasteiger partial charge >= 0.3 is 0 Å². The van der Waals surface area contributed by atoms with Crippen LogP contribution in [0.25, 0.3) is 0 Å². The van der Waals surface area contributed by atoms with Gasteiger partial charge < -0.3 is 19.7 Å². The Kier molecular flexibility index (Phi) is 5.26. The quantitative estimate of drug-likeness (QED) is 0.895. The number of amides is 1. The van der Waals surface area contributed by atoms with Gasteiger partial charge in [0.25, 0.3) is 5.91 Å². The van der Waals surface area contributed by atoms with Crippen LogP contribution in [0, 0.1) is 6.92 Å². The summed E-state index contributed by atoms with van der Waals surface area (Å²) in [7, 11) is 3.20. The van der Waals surface area contributed by atoms with Crippen molar-refractivity contribution < 1.29 is 14.3 Å². The molecule has 1 amide bonds. The van der Waals surface area contributed by atoms with Crippen LogP contribution in [-0.2, 0) is 0 Å². The van der Waals surface area contributed by atoms with E-state index in [-0.39, 0.29) is 5.91 Å². The van der Waals surface area contributed by atoms with Crippen molar-refractivity contribution in [1.29, 1.82) is 0 Å². The van der Waals surface area contributed by atoms with Crippen LogP contribution >= 0.6 is 0 Å². The highest BCUT2D eigenvalue weighted by Gasteiger charge is 2.32. The summed E-state index contributed by atoms with van der Waals surface area (Å²) in [6, 6.07) is 4.15. The van der Waals surface area contributed by atoms with Crippen LogP contribution < -0.4 is 14.8 Å². The second-order valence-electron chi connectivity index (χ2n) is 6.50. The second kappa shape index (κ2) is 7.40. The maximum absolute atomic E-state index is 13.0. The lowest BCUT2D eigenvalue weighted by Gasteiger charge is -2.32. The number of rotatable bonds is 4. The highest BCUT2D eigenvalue weighted by molar-refractivity contribution is 5.96. The smallest absolute Gasteiger partial charge is 0.254 e. The molecule has 2 saturated heterocycles. The van der Waals surface area contributed by atoms with Crippen molar-refractivity contribution in [2.75, 3.05) is 53.5 Å². The molecule has 6 nitrogen and oxygen atoms in total. The first-order valence-electron chi connectivity index (χ1n) is 8.60. The molecule has 0 aromatic heterocycles. The number of piperazine rings is 1. The molecule has 2 aliphatic heterocycles. The molecular formula is C18H27N3O3. The highest BCUT2D eigenvalue weighted by atomic mass is 16.5. The monoisotopic (exact) mass is 333 g/mol. The molecule has 0 radical (unpaired) electrons. The largest absolute Gasteiger partial charge is 0.493 e. The van der Waals surface area contributed by atoms with Crippen molar-refractivity contribution in [3.63, 3.8) is 0 Å². The second-order valence-corrected chi connectivity index (χ2v) is 6.50. The summed E-state index contributed by atoms with van der Waals surface area (Å²) >= 11 is 0. The predicted octanol–water partition coefficient (Wildman–Crippen LogP) is 1.13. The lowest BCUT2D eigenvalue weighted by atomic mass is 10.1. The fourth-order valence-corrected chi connectivity index (χ4v) is 3.65. The molecule has 132 valence electrons. The highest BCUT2D eigenvalue weighted by Crippen LogP contribution is 2.31. The van der Waals surface area contributed by atoms with Crippen molar-refractivity contribution in [2.24, 2.45) is 0 Å². The van der Waals surface area contributed by atoms with Crippen molar-refractivity contribution in [2.45, 2.75) is 19.4 Å². The Bertz CT molecular complexity index is 599. The summed E-state index contributed by atoms with van der Waals surface area (Å²) in [6.45, 7) is 7.80. The molecule has 3 rings (SSSR count). The van der Waals surface area contributed by atoms with E-state index in [4.69, 9.17) is 9.47 Å². The van der Waals surface area contributed by atoms with Crippen LogP contribution in [0.15, 0.2) is 12.1 Å². The fourth-order valence-electron chi connectivity index (χ4n) is 3.65. The van der Waals surface area contributed by atoms with Crippen molar-refractivity contribution in [3.05, 3.63) is 23.3 Å². The number of hydrogen-bond donors (Lipinski definition) is 1. The molecular weight excluding hydrogens is 306 g/mol. The number of carbonyl (C=O) groups excluding carboxylic acids is 1. The van der Waals surface area contributed by atoms with Gasteiger partial charge in [-0.2, -0.15) is 0 Å². The molecule has 1 aromatic carbocycles. The first-order valence-corrected chi connectivity index (χ1v) is 8.60. The maximum atomic E-state index is 13.0. The number of carbonyl (C=O) groups is 1. The molecule has 1 aromatic rings. The Morgan fingerprint density at radius 3 is 2.46 bits per heavy atom. The van der Waals surface area contributed by atoms with Crippen LogP contribution in [-0.4, -0.2) is 75.2 Å². The predicted molar refractivity (Wildman–Crippen MR) is 93.0 cm³/mol. The van der Waals surface area contributed by atoms with Crippen LogP contribution in [0.4, 0.5) is 0 Å². The normalized spacial score (nSPS) is 21.8. The topological polar surface area (TPSA) is 54.0 Å². The van der Waals surface area contributed by atoms with E-state index in [1.165, 1.54) is 0 Å². The van der Waals surface area contributed by atoms with Gasteiger partial charge in [0.15, 0.2) is 11.5 Å². The Balaban J connectivity index is 1.73. The van der Waals surface area contributed by atoms with Crippen LogP contribution in [0.3, 0.4) is 0 Å². The Morgan fingerprint density at radius 1 is 1.12 bits per heavy atom. The average molecular weight is 333 g/mol. The van der Waals surface area contributed by atoms with Gasteiger partial charge in [0.05, 0.1) is 14.2 Å². The summed E-state index contributed by atoms with van der Waals surface area (Å²) in [4.78, 5) is 17.4. The molecule has 1 N–H and O–H groups in total. The Morgan fingerprint density at radius 2 is 1.79 bits per heavy atom. The van der Waals surface area contributed by atoms with E-state index >= 15 is 0 Å². The van der Waals surface area contributed by atoms with Gasteiger partial charge in [0, 0.05) is 50.9 Å². The van der Waals surface area contributed by atoms with E-state index in [0.29, 0.717) is 23.1 Å². The molecule has 0 bridgehead atoms. The van der Waals surface area contributed by atoms with E-state index in [2.05, 4.69) is 10.2 Å². The molecule has 24 heavy (non-hydrogen) atoms. The SMILES string of the molecule is COc1cc(C)c(C(=O)N2CCC(N3CCNCC3)C2)cc1OC. The number of methoxy groups -OCH3 is 2. The molecule has 2 heterocycles.